The molecule has 0 amide bonds. The topological polar surface area (TPSA) is 61.4 Å². The lowest BCUT2D eigenvalue weighted by atomic mass is 9.96. The summed E-state index contributed by atoms with van der Waals surface area (Å²) >= 11 is 15.6. The number of nitrogens with zero attached hydrogens (tertiary/aromatic N) is 4. The first kappa shape index (κ1) is 24.9. The first-order valence-electron chi connectivity index (χ1n) is 12.0. The molecule has 2 aromatic carbocycles. The van der Waals surface area contributed by atoms with Crippen LogP contribution in [0, 0.1) is 12.8 Å². The van der Waals surface area contributed by atoms with E-state index < -0.39 is 0 Å². The molecular weight excluding hydrogens is 547 g/mol. The zero-order valence-corrected chi connectivity index (χ0v) is 23.6. The van der Waals surface area contributed by atoms with Crippen LogP contribution in [-0.2, 0) is 23.5 Å². The lowest BCUT2D eigenvalue weighted by Gasteiger charge is -2.26. The molecule has 0 bridgehead atoms. The first-order valence-corrected chi connectivity index (χ1v) is 14.6. The minimum Gasteiger partial charge on any atom is -0.372 e. The number of hydrogen-bond donors (Lipinski definition) is 0. The summed E-state index contributed by atoms with van der Waals surface area (Å²) in [5.41, 5.74) is 3.81. The average Bonchev–Trinajstić information content (AvgIpc) is 3.45. The second-order valence-electron chi connectivity index (χ2n) is 9.60. The van der Waals surface area contributed by atoms with Crippen molar-refractivity contribution in [1.29, 1.82) is 0 Å². The number of halogens is 2. The van der Waals surface area contributed by atoms with Crippen molar-refractivity contribution >= 4 is 62.3 Å². The minimum absolute atomic E-state index is 0.0697. The van der Waals surface area contributed by atoms with Crippen LogP contribution < -0.4 is 5.56 Å². The predicted molar refractivity (Wildman–Crippen MR) is 152 cm³/mol. The van der Waals surface area contributed by atoms with Crippen LogP contribution >= 0.6 is 46.3 Å². The van der Waals surface area contributed by atoms with Gasteiger partial charge in [0.2, 0.25) is 5.78 Å². The van der Waals surface area contributed by atoms with Gasteiger partial charge in [-0.3, -0.25) is 4.79 Å². The third kappa shape index (κ3) is 4.38. The Morgan fingerprint density at radius 1 is 1.19 bits per heavy atom. The number of thiophene rings is 1. The van der Waals surface area contributed by atoms with E-state index >= 15 is 0 Å². The van der Waals surface area contributed by atoms with Gasteiger partial charge in [0, 0.05) is 27.1 Å². The fourth-order valence-corrected chi connectivity index (χ4v) is 7.53. The number of benzene rings is 2. The molecule has 1 atom stereocenters. The smallest absolute Gasteiger partial charge is 0.268 e. The van der Waals surface area contributed by atoms with E-state index in [1.807, 2.05) is 47.7 Å². The van der Waals surface area contributed by atoms with Crippen LogP contribution in [0.5, 0.6) is 0 Å². The Morgan fingerprint density at radius 2 is 2.03 bits per heavy atom. The number of thioether (sulfide) groups is 1. The van der Waals surface area contributed by atoms with Crippen molar-refractivity contribution in [3.8, 4) is 5.69 Å². The van der Waals surface area contributed by atoms with E-state index in [4.69, 9.17) is 27.9 Å². The van der Waals surface area contributed by atoms with E-state index in [0.29, 0.717) is 45.7 Å². The minimum atomic E-state index is -0.0697. The fraction of sp³-hybridized carbons (Fsp3) is 0.296. The molecule has 1 aliphatic heterocycles. The highest BCUT2D eigenvalue weighted by Crippen LogP contribution is 2.38. The highest BCUT2D eigenvalue weighted by Gasteiger charge is 2.30. The molecule has 0 saturated carbocycles. The first-order chi connectivity index (χ1) is 17.8. The number of rotatable bonds is 5. The molecule has 0 spiro atoms. The Balaban J connectivity index is 1.57. The van der Waals surface area contributed by atoms with Crippen molar-refractivity contribution in [2.45, 2.75) is 50.8 Å². The number of hydrogen-bond acceptors (Lipinski definition) is 6. The van der Waals surface area contributed by atoms with E-state index in [2.05, 4.69) is 24.0 Å². The molecule has 0 unspecified atom stereocenters. The number of aryl methyl sites for hydroxylation is 1. The zero-order valence-electron chi connectivity index (χ0n) is 20.5. The lowest BCUT2D eigenvalue weighted by Crippen LogP contribution is -2.28. The van der Waals surface area contributed by atoms with Gasteiger partial charge in [0.15, 0.2) is 5.16 Å². The van der Waals surface area contributed by atoms with Gasteiger partial charge < -0.3 is 4.74 Å². The molecule has 10 heteroatoms. The molecule has 0 aliphatic carbocycles. The molecule has 1 aliphatic rings. The van der Waals surface area contributed by atoms with Crippen LogP contribution in [0.1, 0.15) is 35.4 Å². The molecule has 4 heterocycles. The summed E-state index contributed by atoms with van der Waals surface area (Å²) in [5, 5.41) is 11.7. The largest absolute Gasteiger partial charge is 0.372 e. The third-order valence-electron chi connectivity index (χ3n) is 6.72. The summed E-state index contributed by atoms with van der Waals surface area (Å²) in [6.07, 6.45) is 0.793. The molecular formula is C27H24Cl2N4O2S2. The predicted octanol–water partition coefficient (Wildman–Crippen LogP) is 7.10. The summed E-state index contributed by atoms with van der Waals surface area (Å²) in [5.74, 6) is 1.44. The molecule has 190 valence electrons. The summed E-state index contributed by atoms with van der Waals surface area (Å²) in [6, 6.07) is 13.4. The van der Waals surface area contributed by atoms with Crippen molar-refractivity contribution < 1.29 is 4.74 Å². The summed E-state index contributed by atoms with van der Waals surface area (Å²) in [4.78, 5) is 16.1. The molecule has 0 fully saturated rings. The van der Waals surface area contributed by atoms with Gasteiger partial charge in [-0.2, -0.15) is 0 Å². The third-order valence-corrected chi connectivity index (χ3v) is 9.47. The van der Waals surface area contributed by atoms with Gasteiger partial charge in [0.25, 0.3) is 5.56 Å². The second-order valence-corrected chi connectivity index (χ2v) is 12.5. The maximum Gasteiger partial charge on any atom is 0.268 e. The van der Waals surface area contributed by atoms with Gasteiger partial charge in [-0.1, -0.05) is 67.0 Å². The van der Waals surface area contributed by atoms with Gasteiger partial charge in [0.1, 0.15) is 4.83 Å². The summed E-state index contributed by atoms with van der Waals surface area (Å²) in [7, 11) is 0. The second kappa shape index (κ2) is 9.75. The van der Waals surface area contributed by atoms with Crippen LogP contribution in [0.25, 0.3) is 21.7 Å². The fourth-order valence-electron chi connectivity index (χ4n) is 4.74. The monoisotopic (exact) mass is 570 g/mol. The highest BCUT2D eigenvalue weighted by molar-refractivity contribution is 7.98. The maximum atomic E-state index is 14.1. The molecule has 0 radical (unpaired) electrons. The van der Waals surface area contributed by atoms with E-state index in [-0.39, 0.29) is 11.7 Å². The van der Waals surface area contributed by atoms with Crippen molar-refractivity contribution in [1.82, 2.24) is 19.2 Å². The van der Waals surface area contributed by atoms with Crippen LogP contribution in [0.2, 0.25) is 10.0 Å². The van der Waals surface area contributed by atoms with Crippen LogP contribution in [-0.4, -0.2) is 25.3 Å². The zero-order chi connectivity index (χ0) is 25.8. The molecule has 37 heavy (non-hydrogen) atoms. The van der Waals surface area contributed by atoms with Crippen molar-refractivity contribution in [3.05, 3.63) is 84.4 Å². The normalized spacial score (nSPS) is 15.7. The van der Waals surface area contributed by atoms with Gasteiger partial charge in [-0.25, -0.2) is 8.97 Å². The van der Waals surface area contributed by atoms with Gasteiger partial charge in [-0.05, 0) is 53.8 Å². The molecule has 3 aromatic heterocycles. The average molecular weight is 572 g/mol. The van der Waals surface area contributed by atoms with E-state index in [9.17, 15) is 4.79 Å². The molecule has 5 aromatic rings. The van der Waals surface area contributed by atoms with Gasteiger partial charge >= 0.3 is 0 Å². The molecule has 0 N–H and O–H groups in total. The molecule has 0 saturated heterocycles. The number of fused-ring (bicyclic) bond motifs is 5. The van der Waals surface area contributed by atoms with Gasteiger partial charge in [0.05, 0.1) is 23.8 Å². The quantitative estimate of drug-likeness (QED) is 0.211. The van der Waals surface area contributed by atoms with Crippen molar-refractivity contribution in [2.24, 2.45) is 5.92 Å². The highest BCUT2D eigenvalue weighted by atomic mass is 35.5. The summed E-state index contributed by atoms with van der Waals surface area (Å²) < 4.78 is 9.85. The standard InChI is InChI=1S/C27H24Cl2N4O2S2/c1-14(2)21-11-19-22(12-35-21)37-25-23(19)24(34)32(18-6-4-5-15(3)9-18)26-30-31-27(33(25)26)36-13-16-7-8-17(28)10-20(16)29/h4-10,14,21H,11-13H2,1-3H3/t21-/m0/s1. The van der Waals surface area contributed by atoms with Crippen LogP contribution in [0.4, 0.5) is 0 Å². The molecule has 6 rings (SSSR count). The lowest BCUT2D eigenvalue weighted by molar-refractivity contribution is 0.00200. The van der Waals surface area contributed by atoms with Crippen molar-refractivity contribution in [3.63, 3.8) is 0 Å². The Kier molecular flexibility index (Phi) is 6.57. The Hall–Kier alpha value is -2.36. The Bertz CT molecular complexity index is 1720. The maximum absolute atomic E-state index is 14.1. The van der Waals surface area contributed by atoms with Crippen molar-refractivity contribution in [2.75, 3.05) is 0 Å². The van der Waals surface area contributed by atoms with Gasteiger partial charge in [-0.15, -0.1) is 21.5 Å². The summed E-state index contributed by atoms with van der Waals surface area (Å²) in [6.45, 7) is 6.84. The van der Waals surface area contributed by atoms with E-state index in [0.717, 1.165) is 37.5 Å². The Morgan fingerprint density at radius 3 is 2.78 bits per heavy atom. The van der Waals surface area contributed by atoms with E-state index in [1.54, 1.807) is 22.0 Å². The number of ether oxygens (including phenoxy) is 1. The van der Waals surface area contributed by atoms with Crippen LogP contribution in [0.3, 0.4) is 0 Å². The van der Waals surface area contributed by atoms with Crippen LogP contribution in [0.15, 0.2) is 52.4 Å². The SMILES string of the molecule is Cc1cccc(-n2c(=O)c3c4c(sc3n3c(SCc5ccc(Cl)cc5Cl)nnc23)CO[C@H](C(C)C)C4)c1. The number of aromatic nitrogens is 4. The Labute approximate surface area is 232 Å². The molecule has 6 nitrogen and oxygen atoms in total. The van der Waals surface area contributed by atoms with E-state index in [1.165, 1.54) is 11.8 Å².